The van der Waals surface area contributed by atoms with Crippen LogP contribution in [0, 0.1) is 5.82 Å². The zero-order valence-electron chi connectivity index (χ0n) is 9.61. The third kappa shape index (κ3) is 2.64. The number of methoxy groups -OCH3 is 1. The van der Waals surface area contributed by atoms with Gasteiger partial charge >= 0.3 is 0 Å². The zero-order valence-corrected chi connectivity index (χ0v) is 11.2. The van der Waals surface area contributed by atoms with E-state index in [-0.39, 0.29) is 0 Å². The van der Waals surface area contributed by atoms with Crippen LogP contribution < -0.4 is 16.0 Å². The molecule has 3 N–H and O–H groups in total. The van der Waals surface area contributed by atoms with Gasteiger partial charge in [-0.15, -0.1) is 11.3 Å². The summed E-state index contributed by atoms with van der Waals surface area (Å²) in [6.07, 6.45) is 0. The van der Waals surface area contributed by atoms with Gasteiger partial charge in [-0.1, -0.05) is 17.7 Å². The van der Waals surface area contributed by atoms with E-state index in [0.717, 1.165) is 10.6 Å². The van der Waals surface area contributed by atoms with Crippen molar-refractivity contribution >= 4 is 22.9 Å². The fourth-order valence-electron chi connectivity index (χ4n) is 1.65. The molecular formula is C12H12ClFN2OS. The van der Waals surface area contributed by atoms with E-state index < -0.39 is 11.9 Å². The first-order valence-electron chi connectivity index (χ1n) is 5.19. The molecule has 2 rings (SSSR count). The van der Waals surface area contributed by atoms with Crippen LogP contribution in [-0.2, 0) is 0 Å². The van der Waals surface area contributed by atoms with Crippen molar-refractivity contribution in [2.45, 2.75) is 6.04 Å². The van der Waals surface area contributed by atoms with Crippen molar-refractivity contribution in [1.82, 2.24) is 5.43 Å². The van der Waals surface area contributed by atoms with E-state index in [4.69, 9.17) is 22.2 Å². The summed E-state index contributed by atoms with van der Waals surface area (Å²) < 4.78 is 19.0. The first kappa shape index (κ1) is 13.3. The highest BCUT2D eigenvalue weighted by atomic mass is 35.5. The molecule has 0 aliphatic heterocycles. The molecular weight excluding hydrogens is 275 g/mol. The van der Waals surface area contributed by atoms with E-state index in [9.17, 15) is 4.39 Å². The van der Waals surface area contributed by atoms with E-state index in [2.05, 4.69) is 5.43 Å². The van der Waals surface area contributed by atoms with Crippen molar-refractivity contribution in [3.63, 3.8) is 0 Å². The van der Waals surface area contributed by atoms with Gasteiger partial charge < -0.3 is 4.74 Å². The van der Waals surface area contributed by atoms with Crippen LogP contribution in [0.3, 0.4) is 0 Å². The largest absolute Gasteiger partial charge is 0.496 e. The van der Waals surface area contributed by atoms with E-state index in [1.165, 1.54) is 17.4 Å². The van der Waals surface area contributed by atoms with Crippen molar-refractivity contribution in [3.05, 3.63) is 50.9 Å². The lowest BCUT2D eigenvalue weighted by atomic mass is 10.1. The van der Waals surface area contributed by atoms with Gasteiger partial charge in [0.2, 0.25) is 0 Å². The average molecular weight is 287 g/mol. The Morgan fingerprint density at radius 2 is 2.22 bits per heavy atom. The Morgan fingerprint density at radius 3 is 2.78 bits per heavy atom. The summed E-state index contributed by atoms with van der Waals surface area (Å²) in [6.45, 7) is 0. The summed E-state index contributed by atoms with van der Waals surface area (Å²) in [7, 11) is 1.58. The highest BCUT2D eigenvalue weighted by Crippen LogP contribution is 2.32. The molecule has 0 fully saturated rings. The van der Waals surface area contributed by atoms with E-state index in [1.807, 2.05) is 11.4 Å². The second kappa shape index (κ2) is 5.67. The van der Waals surface area contributed by atoms with Crippen LogP contribution in [0.1, 0.15) is 16.5 Å². The molecule has 1 unspecified atom stereocenters. The molecule has 3 nitrogen and oxygen atoms in total. The SMILES string of the molecule is COc1csc(C(NN)c2ccc(Cl)cc2F)c1. The monoisotopic (exact) mass is 286 g/mol. The number of ether oxygens (including phenoxy) is 1. The minimum atomic E-state index is -0.420. The van der Waals surface area contributed by atoms with E-state index in [1.54, 1.807) is 19.2 Å². The predicted molar refractivity (Wildman–Crippen MR) is 71.4 cm³/mol. The number of hydrogen-bond acceptors (Lipinski definition) is 4. The van der Waals surface area contributed by atoms with Gasteiger partial charge in [-0.3, -0.25) is 5.84 Å². The van der Waals surface area contributed by atoms with Gasteiger partial charge in [0.1, 0.15) is 11.6 Å². The highest BCUT2D eigenvalue weighted by molar-refractivity contribution is 7.10. The zero-order chi connectivity index (χ0) is 13.1. The first-order valence-corrected chi connectivity index (χ1v) is 6.45. The van der Waals surface area contributed by atoms with Gasteiger partial charge in [0.05, 0.1) is 13.2 Å². The third-order valence-electron chi connectivity index (χ3n) is 2.56. The molecule has 0 amide bonds. The third-order valence-corrected chi connectivity index (χ3v) is 3.77. The molecule has 0 radical (unpaired) electrons. The van der Waals surface area contributed by atoms with E-state index in [0.29, 0.717) is 10.6 Å². The van der Waals surface area contributed by atoms with Crippen molar-refractivity contribution in [2.75, 3.05) is 7.11 Å². The van der Waals surface area contributed by atoms with Crippen molar-refractivity contribution in [2.24, 2.45) is 5.84 Å². The molecule has 6 heteroatoms. The van der Waals surface area contributed by atoms with Gasteiger partial charge in [0.25, 0.3) is 0 Å². The molecule has 1 atom stereocenters. The fraction of sp³-hybridized carbons (Fsp3) is 0.167. The number of hydrogen-bond donors (Lipinski definition) is 2. The lowest BCUT2D eigenvalue weighted by Crippen LogP contribution is -2.28. The van der Waals surface area contributed by atoms with Gasteiger partial charge in [-0.2, -0.15) is 0 Å². The molecule has 0 aliphatic carbocycles. The molecule has 1 aromatic heterocycles. The minimum Gasteiger partial charge on any atom is -0.496 e. The maximum absolute atomic E-state index is 13.9. The van der Waals surface area contributed by atoms with Gasteiger partial charge in [0, 0.05) is 20.8 Å². The smallest absolute Gasteiger partial charge is 0.129 e. The molecule has 1 aromatic carbocycles. The standard InChI is InChI=1S/C12H12ClFN2OS/c1-17-8-5-11(18-6-8)12(16-15)9-3-2-7(13)4-10(9)14/h2-6,12,16H,15H2,1H3. The average Bonchev–Trinajstić information content (AvgIpc) is 2.81. The number of hydrazine groups is 1. The fourth-order valence-corrected chi connectivity index (χ4v) is 2.74. The number of thiophene rings is 1. The summed E-state index contributed by atoms with van der Waals surface area (Å²) in [5.74, 6) is 5.85. The number of benzene rings is 1. The number of nitrogens with two attached hydrogens (primary N) is 1. The predicted octanol–water partition coefficient (Wildman–Crippen LogP) is 3.10. The van der Waals surface area contributed by atoms with Gasteiger partial charge in [0.15, 0.2) is 0 Å². The molecule has 2 aromatic rings. The Morgan fingerprint density at radius 1 is 1.44 bits per heavy atom. The van der Waals surface area contributed by atoms with Crippen LogP contribution in [0.25, 0.3) is 0 Å². The Kier molecular flexibility index (Phi) is 4.19. The quantitative estimate of drug-likeness (QED) is 0.671. The molecule has 0 saturated heterocycles. The highest BCUT2D eigenvalue weighted by Gasteiger charge is 2.18. The number of halogens is 2. The van der Waals surface area contributed by atoms with Crippen molar-refractivity contribution < 1.29 is 9.13 Å². The Labute approximate surface area is 113 Å². The normalized spacial score (nSPS) is 12.4. The Hall–Kier alpha value is -1.14. The van der Waals surface area contributed by atoms with Crippen LogP contribution in [0.2, 0.25) is 5.02 Å². The number of nitrogens with one attached hydrogen (secondary N) is 1. The summed E-state index contributed by atoms with van der Waals surface area (Å²) in [5, 5.41) is 2.20. The molecule has 1 heterocycles. The van der Waals surface area contributed by atoms with E-state index >= 15 is 0 Å². The van der Waals surface area contributed by atoms with Crippen molar-refractivity contribution in [1.29, 1.82) is 0 Å². The Bertz CT molecular complexity index is 547. The maximum Gasteiger partial charge on any atom is 0.129 e. The van der Waals surface area contributed by atoms with Crippen LogP contribution in [0.4, 0.5) is 4.39 Å². The molecule has 96 valence electrons. The summed E-state index contributed by atoms with van der Waals surface area (Å²) >= 11 is 7.18. The summed E-state index contributed by atoms with van der Waals surface area (Å²) in [6, 6.07) is 5.93. The summed E-state index contributed by atoms with van der Waals surface area (Å²) in [5.41, 5.74) is 3.05. The van der Waals surface area contributed by atoms with Crippen LogP contribution in [0.5, 0.6) is 5.75 Å². The maximum atomic E-state index is 13.9. The molecule has 0 spiro atoms. The van der Waals surface area contributed by atoms with Gasteiger partial charge in [-0.25, -0.2) is 9.82 Å². The topological polar surface area (TPSA) is 47.3 Å². The Balaban J connectivity index is 2.38. The second-order valence-corrected chi connectivity index (χ2v) is 5.03. The second-order valence-electron chi connectivity index (χ2n) is 3.65. The lowest BCUT2D eigenvalue weighted by molar-refractivity contribution is 0.416. The van der Waals surface area contributed by atoms with Gasteiger partial charge in [-0.05, 0) is 18.2 Å². The van der Waals surface area contributed by atoms with Crippen LogP contribution >= 0.6 is 22.9 Å². The lowest BCUT2D eigenvalue weighted by Gasteiger charge is -2.15. The molecule has 0 saturated carbocycles. The first-order chi connectivity index (χ1) is 8.65. The van der Waals surface area contributed by atoms with Crippen molar-refractivity contribution in [3.8, 4) is 5.75 Å². The van der Waals surface area contributed by atoms with Crippen LogP contribution in [-0.4, -0.2) is 7.11 Å². The number of rotatable bonds is 4. The molecule has 18 heavy (non-hydrogen) atoms. The summed E-state index contributed by atoms with van der Waals surface area (Å²) in [4.78, 5) is 0.871. The minimum absolute atomic E-state index is 0.357. The van der Waals surface area contributed by atoms with Crippen LogP contribution in [0.15, 0.2) is 29.6 Å². The molecule has 0 aliphatic rings. The molecule has 0 bridgehead atoms.